The number of aryl methyl sites for hydroxylation is 2. The predicted molar refractivity (Wildman–Crippen MR) is 385 cm³/mol. The Labute approximate surface area is 628 Å². The van der Waals surface area contributed by atoms with E-state index in [4.69, 9.17) is 70.5 Å². The lowest BCUT2D eigenvalue weighted by atomic mass is 9.95. The van der Waals surface area contributed by atoms with Gasteiger partial charge in [0.2, 0.25) is 0 Å². The number of esters is 7. The molecule has 8 aromatic carbocycles. The van der Waals surface area contributed by atoms with Crippen molar-refractivity contribution in [1.82, 2.24) is 15.0 Å². The maximum Gasteiger partial charge on any atom is 0.338 e. The summed E-state index contributed by atoms with van der Waals surface area (Å²) < 4.78 is 120. The lowest BCUT2D eigenvalue weighted by Crippen LogP contribution is -2.67. The van der Waals surface area contributed by atoms with Gasteiger partial charge in [0.1, 0.15) is 31.5 Å². The highest BCUT2D eigenvalue weighted by atomic mass is 32.2. The molecule has 2 aliphatic rings. The number of rotatable bonds is 37. The Morgan fingerprint density at radius 2 is 0.734 bits per heavy atom. The molecule has 3 heterocycles. The van der Waals surface area contributed by atoms with Gasteiger partial charge in [-0.1, -0.05) is 150 Å². The van der Waals surface area contributed by atoms with Gasteiger partial charge >= 0.3 is 41.8 Å². The minimum absolute atomic E-state index is 0.00201. The maximum atomic E-state index is 14.9. The molecular formula is C81H79N3O24S. The van der Waals surface area contributed by atoms with Crippen LogP contribution in [-0.4, -0.2) is 193 Å². The fraction of sp³-hybridized carbons (Fsp3) is 0.296. The number of hydrogen-bond donors (Lipinski definition) is 0. The highest BCUT2D eigenvalue weighted by Crippen LogP contribution is 2.38. The van der Waals surface area contributed by atoms with Crippen LogP contribution < -0.4 is 0 Å². The molecule has 28 heteroatoms. The average molecular weight is 1510 g/mol. The molecule has 0 aliphatic carbocycles. The Balaban J connectivity index is 0.878. The Bertz CT molecular complexity index is 4500. The fourth-order valence-electron chi connectivity index (χ4n) is 11.4. The molecule has 2 saturated heterocycles. The summed E-state index contributed by atoms with van der Waals surface area (Å²) in [6.45, 7) is 1.37. The van der Waals surface area contributed by atoms with Crippen molar-refractivity contribution in [1.29, 1.82) is 0 Å². The van der Waals surface area contributed by atoms with Crippen molar-refractivity contribution in [3.8, 4) is 0 Å². The van der Waals surface area contributed by atoms with Gasteiger partial charge in [0, 0.05) is 12.8 Å². The molecule has 0 N–H and O–H groups in total. The van der Waals surface area contributed by atoms with E-state index in [0.717, 1.165) is 5.56 Å². The van der Waals surface area contributed by atoms with Crippen molar-refractivity contribution in [2.24, 2.45) is 0 Å². The van der Waals surface area contributed by atoms with E-state index >= 15 is 0 Å². The number of aromatic nitrogens is 3. The van der Waals surface area contributed by atoms with Crippen LogP contribution in [-0.2, 0) is 93.6 Å². The van der Waals surface area contributed by atoms with Crippen LogP contribution in [0.25, 0.3) is 0 Å². The Kier molecular flexibility index (Phi) is 29.0. The van der Waals surface area contributed by atoms with Crippen molar-refractivity contribution in [3.63, 3.8) is 0 Å². The molecular weight excluding hydrogens is 1430 g/mol. The number of benzene rings is 8. The van der Waals surface area contributed by atoms with Crippen LogP contribution in [0, 0.1) is 6.92 Å². The quantitative estimate of drug-likeness (QED) is 0.0151. The van der Waals surface area contributed by atoms with Crippen molar-refractivity contribution in [2.45, 2.75) is 92.6 Å². The molecule has 0 spiro atoms. The van der Waals surface area contributed by atoms with Crippen molar-refractivity contribution in [2.75, 3.05) is 66.1 Å². The van der Waals surface area contributed by atoms with Crippen molar-refractivity contribution >= 4 is 51.9 Å². The van der Waals surface area contributed by atoms with Crippen LogP contribution in [0.15, 0.2) is 248 Å². The highest BCUT2D eigenvalue weighted by Gasteiger charge is 2.59. The van der Waals surface area contributed by atoms with E-state index < -0.39 is 127 Å². The molecule has 568 valence electrons. The molecule has 10 atom stereocenters. The van der Waals surface area contributed by atoms with E-state index in [1.807, 2.05) is 6.92 Å². The lowest BCUT2D eigenvalue weighted by molar-refractivity contribution is -0.356. The standard InChI is InChI=1S/C81H79N3O24S/c1-55-39-41-64(42-40-55)109(92,93)100-51-50-96-49-48-95-47-46-94-44-23-38-63-52-84(83-82-63)43-45-97-80-71(106-78(90)61-34-19-7-20-35-61)70(105-77(89)60-32-17-6-18-33-60)68(66(101-80)54-99-74(86)57-26-11-3-12-27-57)108-81-72(107-79(91)62-36-21-8-22-37-62)69(104-76(88)59-30-15-5-16-31-59)67(103-75(87)58-28-13-4-14-29-58)65(102-81)53-98-73(85)56-24-9-2-10-25-56/h2-22,24-37,39-42,52,65-72,80-81H,23,38,43-51,53-54H2,1H3/t65-,66-,67+,68-,69+,70+,71-,72-,80-,81+/m1/s1. The molecule has 2 aliphatic heterocycles. The normalized spacial score (nSPS) is 19.6. The second kappa shape index (κ2) is 40.1. The second-order valence-electron chi connectivity index (χ2n) is 24.7. The van der Waals surface area contributed by atoms with Crippen LogP contribution >= 0.6 is 0 Å². The van der Waals surface area contributed by atoms with Crippen LogP contribution in [0.4, 0.5) is 0 Å². The molecule has 1 aromatic heterocycles. The molecule has 2 fully saturated rings. The zero-order valence-electron chi connectivity index (χ0n) is 59.1. The Hall–Kier alpha value is -11.2. The van der Waals surface area contributed by atoms with Gasteiger partial charge in [-0.2, -0.15) is 8.42 Å². The molecule has 0 radical (unpaired) electrons. The summed E-state index contributed by atoms with van der Waals surface area (Å²) in [7, 11) is -3.90. The summed E-state index contributed by atoms with van der Waals surface area (Å²) in [4.78, 5) is 102. The lowest BCUT2D eigenvalue weighted by Gasteiger charge is -2.48. The van der Waals surface area contributed by atoms with E-state index in [9.17, 15) is 42.0 Å². The van der Waals surface area contributed by atoms with Crippen LogP contribution in [0.2, 0.25) is 0 Å². The minimum Gasteiger partial charge on any atom is -0.459 e. The first-order valence-electron chi connectivity index (χ1n) is 35.0. The number of ether oxygens (including phenoxy) is 14. The molecule has 0 amide bonds. The monoisotopic (exact) mass is 1510 g/mol. The smallest absolute Gasteiger partial charge is 0.338 e. The second-order valence-corrected chi connectivity index (χ2v) is 26.3. The third-order valence-electron chi connectivity index (χ3n) is 16.9. The third kappa shape index (κ3) is 22.9. The number of hydrogen-bond acceptors (Lipinski definition) is 26. The van der Waals surface area contributed by atoms with Crippen LogP contribution in [0.1, 0.15) is 90.2 Å². The van der Waals surface area contributed by atoms with E-state index in [-0.39, 0.29) is 96.6 Å². The molecule has 27 nitrogen and oxygen atoms in total. The minimum atomic E-state index is -3.90. The van der Waals surface area contributed by atoms with Gasteiger partial charge in [-0.3, -0.25) is 4.18 Å². The topological polar surface area (TPSA) is 323 Å². The molecule has 9 aromatic rings. The summed E-state index contributed by atoms with van der Waals surface area (Å²) in [6, 6.07) is 60.9. The largest absolute Gasteiger partial charge is 0.459 e. The Morgan fingerprint density at radius 3 is 1.17 bits per heavy atom. The average Bonchev–Trinajstić information content (AvgIpc) is 0.962. The zero-order chi connectivity index (χ0) is 76.2. The predicted octanol–water partition coefficient (Wildman–Crippen LogP) is 9.67. The van der Waals surface area contributed by atoms with E-state index in [0.29, 0.717) is 25.1 Å². The summed E-state index contributed by atoms with van der Waals surface area (Å²) in [5.41, 5.74) is 1.78. The van der Waals surface area contributed by atoms with E-state index in [2.05, 4.69) is 10.3 Å². The highest BCUT2D eigenvalue weighted by molar-refractivity contribution is 7.86. The van der Waals surface area contributed by atoms with E-state index in [1.165, 1.54) is 102 Å². The van der Waals surface area contributed by atoms with Crippen molar-refractivity contribution < 1.29 is 112 Å². The number of carbonyl (C=O) groups is 7. The van der Waals surface area contributed by atoms with Crippen LogP contribution in [0.5, 0.6) is 0 Å². The van der Waals surface area contributed by atoms with Gasteiger partial charge in [0.05, 0.1) is 102 Å². The molecule has 109 heavy (non-hydrogen) atoms. The zero-order valence-corrected chi connectivity index (χ0v) is 59.9. The van der Waals surface area contributed by atoms with Crippen LogP contribution in [0.3, 0.4) is 0 Å². The first kappa shape index (κ1) is 78.9. The summed E-state index contributed by atoms with van der Waals surface area (Å²) in [5, 5.41) is 8.64. The van der Waals surface area contributed by atoms with Gasteiger partial charge in [0.25, 0.3) is 10.1 Å². The van der Waals surface area contributed by atoms with Gasteiger partial charge < -0.3 is 66.3 Å². The fourth-order valence-corrected chi connectivity index (χ4v) is 12.3. The molecule has 0 saturated carbocycles. The molecule has 11 rings (SSSR count). The number of carbonyl (C=O) groups excluding carboxylic acids is 7. The summed E-state index contributed by atoms with van der Waals surface area (Å²) >= 11 is 0. The van der Waals surface area contributed by atoms with Gasteiger partial charge in [-0.15, -0.1) is 5.10 Å². The van der Waals surface area contributed by atoms with Gasteiger partial charge in [0.15, 0.2) is 43.1 Å². The van der Waals surface area contributed by atoms with Crippen molar-refractivity contribution in [3.05, 3.63) is 293 Å². The maximum absolute atomic E-state index is 14.9. The van der Waals surface area contributed by atoms with E-state index in [1.54, 1.807) is 146 Å². The summed E-state index contributed by atoms with van der Waals surface area (Å²) in [5.74, 6) is -6.73. The first-order valence-corrected chi connectivity index (χ1v) is 36.5. The molecule has 0 unspecified atom stereocenters. The molecule has 0 bridgehead atoms. The Morgan fingerprint density at radius 1 is 0.385 bits per heavy atom. The van der Waals surface area contributed by atoms with Gasteiger partial charge in [-0.25, -0.2) is 38.2 Å². The van der Waals surface area contributed by atoms with Gasteiger partial charge in [-0.05, 0) is 117 Å². The summed E-state index contributed by atoms with van der Waals surface area (Å²) in [6.07, 6.45) is -16.0. The first-order chi connectivity index (χ1) is 53.1. The SMILES string of the molecule is Cc1ccc(S(=O)(=O)OCCOCCOCCOCCCc2cn(CCO[C@@H]3O[C@H](COC(=O)c4ccccc4)[C@@H](O[C@@H]4O[C@H](COC(=O)c5ccccc5)[C@H](OC(=O)c5ccccc5)[C@H](OC(=O)c5ccccc5)[C@H]4OC(=O)c4ccccc4)[C@H](OC(=O)c4ccccc4)[C@H]3OC(=O)c3ccccc3)nn2)cc1. The third-order valence-corrected chi connectivity index (χ3v) is 18.3. The number of nitrogens with zero attached hydrogens (tertiary/aromatic N) is 3.